The molecular weight excluding hydrogens is 1500 g/mol. The largest absolute Gasteiger partial charge is 0.508 e. The second kappa shape index (κ2) is 34.2. The van der Waals surface area contributed by atoms with Crippen LogP contribution in [0.2, 0.25) is 5.02 Å². The minimum atomic E-state index is -2.30. The number of nitrogens with two attached hydrogens (primary N) is 1. The molecule has 33 heteroatoms. The number of anilines is 1. The molecule has 0 radical (unpaired) electrons. The van der Waals surface area contributed by atoms with Crippen LogP contribution in [0.15, 0.2) is 103 Å². The van der Waals surface area contributed by atoms with E-state index in [2.05, 4.69) is 53.2 Å². The van der Waals surface area contributed by atoms with E-state index < -0.39 is 180 Å². The highest BCUT2D eigenvalue weighted by molar-refractivity contribution is 6.32. The number of aliphatic hydroxyl groups excluding tert-OH is 5. The zero-order chi connectivity index (χ0) is 81.4. The van der Waals surface area contributed by atoms with Crippen molar-refractivity contribution in [1.82, 2.24) is 47.9 Å². The highest BCUT2D eigenvalue weighted by Crippen LogP contribution is 2.55. The lowest BCUT2D eigenvalue weighted by Crippen LogP contribution is -2.60. The Labute approximate surface area is 660 Å². The number of phenolic OH excluding ortho intramolecular Hbond substituents is 2. The molecule has 0 spiro atoms. The van der Waals surface area contributed by atoms with Gasteiger partial charge in [0.25, 0.3) is 0 Å². The van der Waals surface area contributed by atoms with Crippen molar-refractivity contribution in [3.05, 3.63) is 147 Å². The average Bonchev–Trinajstić information content (AvgIpc) is 0.755. The first kappa shape index (κ1) is 81.3. The molecule has 6 aromatic rings. The summed E-state index contributed by atoms with van der Waals surface area (Å²) >= 11 is 7.20. The highest BCUT2D eigenvalue weighted by Gasteiger charge is 2.51. The summed E-state index contributed by atoms with van der Waals surface area (Å²) in [6, 6.07) is 7.54. The molecule has 6 aromatic carbocycles. The van der Waals surface area contributed by atoms with Crippen molar-refractivity contribution >= 4 is 70.6 Å². The third-order valence-corrected chi connectivity index (χ3v) is 22.6. The number of amides is 10. The summed E-state index contributed by atoms with van der Waals surface area (Å²) in [5.41, 5.74) is 5.87. The van der Waals surface area contributed by atoms with Crippen molar-refractivity contribution in [3.8, 4) is 57.1 Å². The van der Waals surface area contributed by atoms with E-state index in [-0.39, 0.29) is 103 Å². The van der Waals surface area contributed by atoms with Gasteiger partial charge in [0.2, 0.25) is 59.3 Å². The van der Waals surface area contributed by atoms with Crippen molar-refractivity contribution in [2.45, 2.75) is 177 Å². The lowest BCUT2D eigenvalue weighted by atomic mass is 9.54. The van der Waals surface area contributed by atoms with Gasteiger partial charge < -0.3 is 113 Å². The monoisotopic (exact) mass is 1590 g/mol. The van der Waals surface area contributed by atoms with Gasteiger partial charge in [-0.1, -0.05) is 50.6 Å². The third-order valence-electron chi connectivity index (χ3n) is 22.3. The quantitative estimate of drug-likeness (QED) is 0.0629. The van der Waals surface area contributed by atoms with Crippen LogP contribution in [-0.4, -0.2) is 170 Å². The number of aryl methyl sites for hydroxylation is 2. The minimum Gasteiger partial charge on any atom is -0.508 e. The first-order valence-corrected chi connectivity index (χ1v) is 38.5. The molecule has 0 aromatic heterocycles. The number of hydrogen-bond acceptors (Lipinski definition) is 23. The zero-order valence-electron chi connectivity index (χ0n) is 63.2. The number of phenols is 2. The van der Waals surface area contributed by atoms with Gasteiger partial charge in [0.05, 0.1) is 24.1 Å². The molecular formula is C81H94ClN11O21. The summed E-state index contributed by atoms with van der Waals surface area (Å²) in [4.78, 5) is 138. The predicted molar refractivity (Wildman–Crippen MR) is 409 cm³/mol. The second-order valence-corrected chi connectivity index (χ2v) is 31.3. The summed E-state index contributed by atoms with van der Waals surface area (Å²) in [5, 5.41) is 109. The summed E-state index contributed by atoms with van der Waals surface area (Å²) in [7, 11) is 1.50. The number of ether oxygens (including phenoxy) is 5. The Balaban J connectivity index is 0.991. The number of aromatic hydroxyl groups is 2. The first-order valence-electron chi connectivity index (χ1n) is 38.1. The maximum Gasteiger partial charge on any atom is 0.325 e. The van der Waals surface area contributed by atoms with E-state index in [1.807, 2.05) is 20.8 Å². The molecule has 4 saturated carbocycles. The molecule has 10 amide bonds. The van der Waals surface area contributed by atoms with Gasteiger partial charge in [0.1, 0.15) is 102 Å². The van der Waals surface area contributed by atoms with Gasteiger partial charge in [-0.15, -0.1) is 0 Å². The highest BCUT2D eigenvalue weighted by atomic mass is 35.5. The van der Waals surface area contributed by atoms with Crippen molar-refractivity contribution in [1.29, 1.82) is 0 Å². The van der Waals surface area contributed by atoms with E-state index in [0.29, 0.717) is 30.6 Å². The summed E-state index contributed by atoms with van der Waals surface area (Å²) in [6.07, 6.45) is -8.86. The van der Waals surface area contributed by atoms with E-state index in [9.17, 15) is 50.1 Å². The van der Waals surface area contributed by atoms with Crippen LogP contribution in [0.3, 0.4) is 0 Å². The van der Waals surface area contributed by atoms with Gasteiger partial charge in [-0.25, -0.2) is 4.79 Å². The first-order chi connectivity index (χ1) is 54.4. The van der Waals surface area contributed by atoms with Crippen molar-refractivity contribution in [2.24, 2.45) is 35.3 Å². The average molecular weight is 1590 g/mol. The number of carbonyl (C=O) groups excluding carboxylic acids is 9. The van der Waals surface area contributed by atoms with Gasteiger partial charge in [-0.3, -0.25) is 43.7 Å². The fourth-order valence-corrected chi connectivity index (χ4v) is 17.0. The van der Waals surface area contributed by atoms with Crippen LogP contribution in [0.1, 0.15) is 141 Å². The van der Waals surface area contributed by atoms with Crippen molar-refractivity contribution in [3.63, 3.8) is 0 Å². The molecule has 5 fully saturated rings. The Hall–Kier alpha value is -10.7. The van der Waals surface area contributed by atoms with Gasteiger partial charge in [-0.05, 0) is 225 Å². The summed E-state index contributed by atoms with van der Waals surface area (Å²) in [5.74, 6) is -10.4. The van der Waals surface area contributed by atoms with E-state index >= 15 is 28.8 Å². The number of imide groups is 1. The van der Waals surface area contributed by atoms with Crippen LogP contribution in [-0.2, 0) is 43.1 Å². The van der Waals surface area contributed by atoms with Crippen molar-refractivity contribution in [2.75, 3.05) is 25.5 Å². The maximum absolute atomic E-state index is 16.5. The Morgan fingerprint density at radius 1 is 0.649 bits per heavy atom. The number of benzene rings is 6. The molecule has 6 heterocycles. The molecule has 606 valence electrons. The second-order valence-electron chi connectivity index (χ2n) is 30.9. The zero-order valence-corrected chi connectivity index (χ0v) is 64.0. The molecule has 14 atom stereocenters. The number of nitrogens with one attached hydrogen (secondary N) is 10. The number of carbonyl (C=O) groups is 9. The third kappa shape index (κ3) is 17.4. The fraction of sp³-hybridized carbons (Fsp3) is 0.444. The van der Waals surface area contributed by atoms with Gasteiger partial charge in [0.15, 0.2) is 11.5 Å². The lowest BCUT2D eigenvalue weighted by molar-refractivity contribution is -0.270. The molecule has 6 aliphatic heterocycles. The van der Waals surface area contributed by atoms with Crippen LogP contribution < -0.4 is 77.8 Å². The molecule has 19 N–H and O–H groups in total. The molecule has 4 aliphatic carbocycles. The fourth-order valence-electron chi connectivity index (χ4n) is 16.8. The van der Waals surface area contributed by atoms with E-state index in [1.54, 1.807) is 19.1 Å². The molecule has 32 nitrogen and oxygen atoms in total. The van der Waals surface area contributed by atoms with E-state index in [0.717, 1.165) is 44.2 Å². The maximum atomic E-state index is 16.5. The van der Waals surface area contributed by atoms with E-state index in [4.69, 9.17) is 41.0 Å². The van der Waals surface area contributed by atoms with Crippen molar-refractivity contribution < 1.29 is 103 Å². The minimum absolute atomic E-state index is 0.0275. The van der Waals surface area contributed by atoms with E-state index in [1.165, 1.54) is 92.8 Å². The standard InChI is InChI=1S/C81H94ClN11O21/c1-7-18-110-47-13-11-45(12-14-47)85-81(109)87-59(96)32-52-74(103)89-63-44-29-56(111-54-16-9-40(20-35(54)4)67(97)65(78(107)86-52)92-73(102)51(84-6)19-34(2)3)72(114-80-71(101)70(100)69(99)58(33-83)113-80)57(30-44)112-55-17-10-41(28-50(55)82)68(98)66-79(108)91-64(77(106)88-61-42-23-37-22-38(25-42)26-43(61)24-37)49-31-46(94)21-36(5)60(49)48-27-39(8-15-53(48)95)62(75(104)93-66)90-76(63)105/h8-17,20-21,27-31,34,37-38,42-43,51-52,58,61-71,80,84,94-95,97-101H,7,18-19,22-26,32-33,83H2,1-6H3,(H,86,107)(H,88,106)(H,89,103)(H,90,105)(H,91,108)(H,92,102)(H,93,104)(H2,85,87,96,109)/t37?,38?,42?,43?,51-,52+,58-,61?,62-,63-,64+,65-,66+,67-,68-,69-,70+,71-,80+/m1/s1. The van der Waals surface area contributed by atoms with Gasteiger partial charge in [0, 0.05) is 23.8 Å². The molecule has 10 aliphatic rings. The SMILES string of the molecule is CCCOc1ccc(NC(=O)NC(=O)C[C@@H]2NC(=O)[C@H](NC(=O)[C@@H](CC(C)C)NC)[C@H](O)c3ccc(c(C)c3)Oc3cc4cc(c3O[C@@H]3O[C@H](CN)[C@@H](O)[C@H](O)[C@H]3O)Oc3ccc(cc3Cl)[C@@H](O)[C@@H]3NC(=O)[C@H](NC(=O)[C@@H]4NC2=O)c2ccc(O)c(c2)-c2c(C)cc(O)cc2[C@@H](C(=O)NC2C4CC5CC(C4)CC2C5)NC3=O)cc1. The number of urea groups is 1. The number of fused-ring (bicyclic) bond motifs is 15. The Morgan fingerprint density at radius 2 is 1.29 bits per heavy atom. The molecule has 0 unspecified atom stereocenters. The lowest BCUT2D eigenvalue weighted by Gasteiger charge is -2.54. The number of halogens is 1. The molecule has 1 saturated heterocycles. The van der Waals surface area contributed by atoms with Crippen LogP contribution in [0.5, 0.6) is 46.0 Å². The number of likely N-dealkylation sites (N-methyl/N-ethyl adjacent to an activating group) is 1. The number of aliphatic hydroxyl groups is 5. The van der Waals surface area contributed by atoms with Crippen LogP contribution in [0.25, 0.3) is 11.1 Å². The Morgan fingerprint density at radius 3 is 1.94 bits per heavy atom. The van der Waals surface area contributed by atoms with Gasteiger partial charge in [-0.2, -0.15) is 0 Å². The molecule has 15 bridgehead atoms. The number of hydrogen-bond donors (Lipinski definition) is 18. The smallest absolute Gasteiger partial charge is 0.325 e. The van der Waals surface area contributed by atoms with Crippen LogP contribution >= 0.6 is 11.6 Å². The van der Waals surface area contributed by atoms with Gasteiger partial charge >= 0.3 is 6.03 Å². The van der Waals surface area contributed by atoms with Crippen LogP contribution in [0, 0.1) is 43.4 Å². The Bertz CT molecular complexity index is 4690. The Kier molecular flexibility index (Phi) is 24.4. The van der Waals surface area contributed by atoms with Crippen LogP contribution in [0.4, 0.5) is 10.5 Å². The normalized spacial score (nSPS) is 28.0. The predicted octanol–water partition coefficient (Wildman–Crippen LogP) is 4.60. The molecule has 16 rings (SSSR count). The summed E-state index contributed by atoms with van der Waals surface area (Å²) in [6.45, 7) is 8.68. The number of rotatable bonds is 16. The summed E-state index contributed by atoms with van der Waals surface area (Å²) < 4.78 is 31.6. The molecule has 114 heavy (non-hydrogen) atoms. The topological polar surface area (TPSA) is 488 Å².